The molecule has 6 aromatic carbocycles. The molecule has 0 atom stereocenters. The fourth-order valence-corrected chi connectivity index (χ4v) is 6.15. The predicted molar refractivity (Wildman–Crippen MR) is 185 cm³/mol. The van der Waals surface area contributed by atoms with Gasteiger partial charge in [-0.25, -0.2) is 15.0 Å². The van der Waals surface area contributed by atoms with E-state index in [1.807, 2.05) is 72.8 Å². The van der Waals surface area contributed by atoms with Crippen LogP contribution in [-0.4, -0.2) is 19.5 Å². The lowest BCUT2D eigenvalue weighted by atomic mass is 9.98. The van der Waals surface area contributed by atoms with Gasteiger partial charge in [0.2, 0.25) is 0 Å². The molecule has 8 aromatic rings. The molecule has 2 aromatic heterocycles. The molecular formula is C41H24N6. The van der Waals surface area contributed by atoms with Crippen molar-refractivity contribution in [2.75, 3.05) is 0 Å². The van der Waals surface area contributed by atoms with Crippen molar-refractivity contribution in [2.24, 2.45) is 0 Å². The summed E-state index contributed by atoms with van der Waals surface area (Å²) in [6.07, 6.45) is 0. The summed E-state index contributed by atoms with van der Waals surface area (Å²) in [6, 6.07) is 52.4. The molecule has 6 heteroatoms. The van der Waals surface area contributed by atoms with Gasteiger partial charge in [-0.2, -0.15) is 10.5 Å². The van der Waals surface area contributed by atoms with Gasteiger partial charge in [0.25, 0.3) is 0 Å². The summed E-state index contributed by atoms with van der Waals surface area (Å²) < 4.78 is 2.29. The van der Waals surface area contributed by atoms with Crippen LogP contribution in [0, 0.1) is 22.7 Å². The molecule has 47 heavy (non-hydrogen) atoms. The van der Waals surface area contributed by atoms with E-state index in [1.165, 1.54) is 10.8 Å². The molecular weight excluding hydrogens is 576 g/mol. The lowest BCUT2D eigenvalue weighted by Gasteiger charge is -2.15. The van der Waals surface area contributed by atoms with E-state index in [0.29, 0.717) is 39.7 Å². The number of nitriles is 2. The van der Waals surface area contributed by atoms with E-state index in [9.17, 15) is 10.5 Å². The van der Waals surface area contributed by atoms with Crippen molar-refractivity contribution in [2.45, 2.75) is 0 Å². The molecule has 0 saturated carbocycles. The van der Waals surface area contributed by atoms with Crippen LogP contribution in [0.25, 0.3) is 72.8 Å². The second kappa shape index (κ2) is 11.6. The van der Waals surface area contributed by atoms with Crippen molar-refractivity contribution in [1.82, 2.24) is 19.5 Å². The normalized spacial score (nSPS) is 10.9. The second-order valence-electron chi connectivity index (χ2n) is 11.2. The van der Waals surface area contributed by atoms with Crippen molar-refractivity contribution >= 4 is 21.8 Å². The first kappa shape index (κ1) is 27.6. The smallest absolute Gasteiger partial charge is 0.164 e. The molecule has 0 aliphatic heterocycles. The molecule has 0 radical (unpaired) electrons. The first-order valence-electron chi connectivity index (χ1n) is 15.2. The molecule has 0 spiro atoms. The van der Waals surface area contributed by atoms with Gasteiger partial charge >= 0.3 is 0 Å². The van der Waals surface area contributed by atoms with Crippen molar-refractivity contribution in [3.8, 4) is 63.1 Å². The molecule has 0 saturated heterocycles. The molecule has 0 amide bonds. The van der Waals surface area contributed by atoms with Crippen LogP contribution in [0.4, 0.5) is 0 Å². The average molecular weight is 601 g/mol. The van der Waals surface area contributed by atoms with Gasteiger partial charge in [-0.1, -0.05) is 97.1 Å². The van der Waals surface area contributed by atoms with Crippen LogP contribution in [0.2, 0.25) is 0 Å². The minimum absolute atomic E-state index is 0.434. The van der Waals surface area contributed by atoms with Gasteiger partial charge in [0.05, 0.1) is 40.0 Å². The largest absolute Gasteiger partial charge is 0.309 e. The second-order valence-corrected chi connectivity index (χ2v) is 11.2. The number of hydrogen-bond acceptors (Lipinski definition) is 5. The van der Waals surface area contributed by atoms with Gasteiger partial charge in [0.1, 0.15) is 0 Å². The third-order valence-corrected chi connectivity index (χ3v) is 8.27. The van der Waals surface area contributed by atoms with E-state index in [1.54, 1.807) is 12.1 Å². The van der Waals surface area contributed by atoms with Crippen molar-refractivity contribution < 1.29 is 0 Å². The van der Waals surface area contributed by atoms with Crippen molar-refractivity contribution in [1.29, 1.82) is 10.5 Å². The molecule has 0 fully saturated rings. The monoisotopic (exact) mass is 600 g/mol. The Bertz CT molecular complexity index is 2500. The summed E-state index contributed by atoms with van der Waals surface area (Å²) in [5, 5.41) is 22.1. The maximum atomic E-state index is 10.2. The van der Waals surface area contributed by atoms with E-state index in [-0.39, 0.29) is 0 Å². The van der Waals surface area contributed by atoms with Crippen LogP contribution in [0.3, 0.4) is 0 Å². The summed E-state index contributed by atoms with van der Waals surface area (Å²) in [4.78, 5) is 14.6. The van der Waals surface area contributed by atoms with Gasteiger partial charge in [0.15, 0.2) is 17.5 Å². The third-order valence-electron chi connectivity index (χ3n) is 8.27. The Kier molecular flexibility index (Phi) is 6.80. The maximum Gasteiger partial charge on any atom is 0.164 e. The Morgan fingerprint density at radius 2 is 0.957 bits per heavy atom. The van der Waals surface area contributed by atoms with Crippen LogP contribution in [0.1, 0.15) is 11.1 Å². The van der Waals surface area contributed by atoms with E-state index in [4.69, 9.17) is 15.0 Å². The summed E-state index contributed by atoms with van der Waals surface area (Å²) in [7, 11) is 0. The van der Waals surface area contributed by atoms with E-state index in [0.717, 1.165) is 33.4 Å². The van der Waals surface area contributed by atoms with Gasteiger partial charge in [-0.3, -0.25) is 0 Å². The van der Waals surface area contributed by atoms with Crippen LogP contribution < -0.4 is 0 Å². The summed E-state index contributed by atoms with van der Waals surface area (Å²) in [6.45, 7) is 0. The molecule has 0 aliphatic carbocycles. The standard InChI is InChI=1S/C41H24N6/c42-25-27-11-10-14-30(21-27)40-44-39(29-12-2-1-3-13-29)45-41(46-40)32-23-28(26-43)22-31(24-32)33-15-4-7-18-36(33)47-37-19-8-5-16-34(37)35-17-6-9-20-38(35)47/h1-24H. The topological polar surface area (TPSA) is 91.2 Å². The molecule has 0 bridgehead atoms. The number of rotatable bonds is 5. The molecule has 0 unspecified atom stereocenters. The summed E-state index contributed by atoms with van der Waals surface area (Å²) in [5.74, 6) is 1.38. The maximum absolute atomic E-state index is 10.2. The molecule has 8 rings (SSSR count). The number of para-hydroxylation sites is 3. The number of fused-ring (bicyclic) bond motifs is 3. The zero-order valence-electron chi connectivity index (χ0n) is 25.0. The summed E-state index contributed by atoms with van der Waals surface area (Å²) >= 11 is 0. The van der Waals surface area contributed by atoms with E-state index in [2.05, 4.69) is 77.4 Å². The van der Waals surface area contributed by atoms with Crippen molar-refractivity contribution in [3.05, 3.63) is 157 Å². The highest BCUT2D eigenvalue weighted by molar-refractivity contribution is 6.09. The van der Waals surface area contributed by atoms with Crippen LogP contribution in [0.5, 0.6) is 0 Å². The van der Waals surface area contributed by atoms with Crippen molar-refractivity contribution in [3.63, 3.8) is 0 Å². The Labute approximate surface area is 271 Å². The number of nitrogens with zero attached hydrogens (tertiary/aromatic N) is 6. The highest BCUT2D eigenvalue weighted by Crippen LogP contribution is 2.37. The lowest BCUT2D eigenvalue weighted by Crippen LogP contribution is -2.01. The van der Waals surface area contributed by atoms with Gasteiger partial charge in [-0.05, 0) is 54.1 Å². The third kappa shape index (κ3) is 4.97. The molecule has 0 aliphatic rings. The molecule has 6 nitrogen and oxygen atoms in total. The van der Waals surface area contributed by atoms with Crippen LogP contribution in [0.15, 0.2) is 146 Å². The molecule has 0 N–H and O–H groups in total. The van der Waals surface area contributed by atoms with Crippen LogP contribution >= 0.6 is 0 Å². The van der Waals surface area contributed by atoms with Gasteiger partial charge in [-0.15, -0.1) is 0 Å². The zero-order valence-corrected chi connectivity index (χ0v) is 25.0. The van der Waals surface area contributed by atoms with Gasteiger partial charge < -0.3 is 4.57 Å². The number of hydrogen-bond donors (Lipinski definition) is 0. The Morgan fingerprint density at radius 3 is 1.66 bits per heavy atom. The Balaban J connectivity index is 1.35. The predicted octanol–water partition coefficient (Wildman–Crippen LogP) is 9.38. The average Bonchev–Trinajstić information content (AvgIpc) is 3.49. The Morgan fingerprint density at radius 1 is 0.426 bits per heavy atom. The minimum Gasteiger partial charge on any atom is -0.309 e. The number of benzene rings is 6. The fraction of sp³-hybridized carbons (Fsp3) is 0. The zero-order chi connectivity index (χ0) is 31.7. The fourth-order valence-electron chi connectivity index (χ4n) is 6.15. The highest BCUT2D eigenvalue weighted by Gasteiger charge is 2.18. The van der Waals surface area contributed by atoms with Gasteiger partial charge in [0, 0.05) is 33.0 Å². The van der Waals surface area contributed by atoms with Crippen LogP contribution in [-0.2, 0) is 0 Å². The highest BCUT2D eigenvalue weighted by atomic mass is 15.0. The SMILES string of the molecule is N#Cc1cccc(-c2nc(-c3ccccc3)nc(-c3cc(C#N)cc(-c4ccccc4-n4c5ccccc5c5ccccc54)c3)n2)c1. The summed E-state index contributed by atoms with van der Waals surface area (Å²) in [5.41, 5.74) is 8.28. The number of aromatic nitrogens is 4. The minimum atomic E-state index is 0.434. The quantitative estimate of drug-likeness (QED) is 0.196. The first-order chi connectivity index (χ1) is 23.2. The van der Waals surface area contributed by atoms with E-state index >= 15 is 0 Å². The molecule has 218 valence electrons. The molecule has 2 heterocycles. The van der Waals surface area contributed by atoms with E-state index < -0.39 is 0 Å². The lowest BCUT2D eigenvalue weighted by molar-refractivity contribution is 1.07. The Hall–Kier alpha value is -6.89. The first-order valence-corrected chi connectivity index (χ1v) is 15.2.